The number of rotatable bonds is 8. The van der Waals surface area contributed by atoms with Gasteiger partial charge in [0.2, 0.25) is 0 Å². The Labute approximate surface area is 151 Å². The molecule has 24 heavy (non-hydrogen) atoms. The normalized spacial score (nSPS) is 10.7. The molecule has 8 heteroatoms. The van der Waals surface area contributed by atoms with E-state index in [1.807, 2.05) is 24.3 Å². The van der Waals surface area contributed by atoms with Crippen LogP contribution in [0.25, 0.3) is 0 Å². The summed E-state index contributed by atoms with van der Waals surface area (Å²) in [5.41, 5.74) is 0. The molecule has 0 aliphatic heterocycles. The third kappa shape index (κ3) is 37.3. The van der Waals surface area contributed by atoms with E-state index >= 15 is 0 Å². The first kappa shape index (κ1) is 30.8. The van der Waals surface area contributed by atoms with E-state index in [1.165, 1.54) is 0 Å². The summed E-state index contributed by atoms with van der Waals surface area (Å²) in [6, 6.07) is 0. The average molecular weight is 375 g/mol. The first-order valence-electron chi connectivity index (χ1n) is 7.19. The molecule has 0 aromatic carbocycles. The fourth-order valence-electron chi connectivity index (χ4n) is 1.55. The highest BCUT2D eigenvalue weighted by atomic mass is 35.5. The number of nitrogens with zero attached hydrogens (tertiary/aromatic N) is 2. The third-order valence-corrected chi connectivity index (χ3v) is 2.49. The molecule has 0 aliphatic rings. The molecule has 0 unspecified atom stereocenters. The summed E-state index contributed by atoms with van der Waals surface area (Å²) in [7, 11) is 2.62. The van der Waals surface area contributed by atoms with Crippen LogP contribution in [-0.2, 0) is 0 Å². The van der Waals surface area contributed by atoms with Crippen molar-refractivity contribution >= 4 is 7.25 Å². The zero-order valence-electron chi connectivity index (χ0n) is 15.3. The zero-order chi connectivity index (χ0) is 19.2. The van der Waals surface area contributed by atoms with Gasteiger partial charge in [-0.05, 0) is 24.3 Å². The molecule has 0 aromatic rings. The smallest absolute Gasteiger partial charge is 0.673 e. The summed E-state index contributed by atoms with van der Waals surface area (Å²) in [6.07, 6.45) is 7.74. The third-order valence-electron chi connectivity index (χ3n) is 2.49. The second-order valence-electron chi connectivity index (χ2n) is 6.25. The van der Waals surface area contributed by atoms with Crippen molar-refractivity contribution < 1.29 is 38.6 Å². The number of halogens is 5. The van der Waals surface area contributed by atoms with Crippen LogP contribution in [0, 0.1) is 0 Å². The molecule has 0 rings (SSSR count). The lowest BCUT2D eigenvalue weighted by Gasteiger charge is -2.26. The topological polar surface area (TPSA) is 0 Å². The van der Waals surface area contributed by atoms with Crippen molar-refractivity contribution in [3.05, 3.63) is 50.6 Å². The first-order valence-corrected chi connectivity index (χ1v) is 7.19. The van der Waals surface area contributed by atoms with Crippen molar-refractivity contribution in [2.45, 2.75) is 0 Å². The van der Waals surface area contributed by atoms with Crippen LogP contribution in [0.4, 0.5) is 17.3 Å². The Kier molecular flexibility index (Phi) is 19.9. The summed E-state index contributed by atoms with van der Waals surface area (Å²) >= 11 is 0. The largest absolute Gasteiger partial charge is 1.00 e. The van der Waals surface area contributed by atoms with Gasteiger partial charge in [0.05, 0.1) is 54.4 Å². The maximum absolute atomic E-state index is 9.75. The Morgan fingerprint density at radius 2 is 0.750 bits per heavy atom. The van der Waals surface area contributed by atoms with Gasteiger partial charge in [0.1, 0.15) is 0 Å². The van der Waals surface area contributed by atoms with Crippen molar-refractivity contribution in [2.24, 2.45) is 0 Å². The lowest BCUT2D eigenvalue weighted by molar-refractivity contribution is -0.878. The molecule has 0 aliphatic carbocycles. The molecule has 0 radical (unpaired) electrons. The van der Waals surface area contributed by atoms with E-state index in [2.05, 4.69) is 54.5 Å². The van der Waals surface area contributed by atoms with E-state index in [9.17, 15) is 17.3 Å². The van der Waals surface area contributed by atoms with E-state index in [4.69, 9.17) is 0 Å². The Balaban J connectivity index is -0.000000128. The molecular weight excluding hydrogens is 342 g/mol. The van der Waals surface area contributed by atoms with Crippen LogP contribution in [0.15, 0.2) is 50.6 Å². The molecular formula is C16H32BClF4N2. The summed E-state index contributed by atoms with van der Waals surface area (Å²) in [5.74, 6) is 0. The van der Waals surface area contributed by atoms with Crippen molar-refractivity contribution in [1.29, 1.82) is 0 Å². The fraction of sp³-hybridized carbons (Fsp3) is 0.500. The zero-order valence-corrected chi connectivity index (χ0v) is 16.1. The molecule has 0 spiro atoms. The monoisotopic (exact) mass is 374 g/mol. The van der Waals surface area contributed by atoms with Gasteiger partial charge < -0.3 is 38.6 Å². The number of likely N-dealkylation sites (N-methyl/N-ethyl adjacent to an activating group) is 2. The lowest BCUT2D eigenvalue weighted by atomic mass is 10.3. The van der Waals surface area contributed by atoms with Gasteiger partial charge in [-0.15, -0.1) is 0 Å². The van der Waals surface area contributed by atoms with Crippen LogP contribution in [0.3, 0.4) is 0 Å². The van der Waals surface area contributed by atoms with E-state index in [1.54, 1.807) is 0 Å². The maximum atomic E-state index is 9.75. The van der Waals surface area contributed by atoms with Gasteiger partial charge in [-0.1, -0.05) is 26.3 Å². The predicted octanol–water partition coefficient (Wildman–Crippen LogP) is 1.17. The van der Waals surface area contributed by atoms with Gasteiger partial charge in [0, 0.05) is 0 Å². The molecule has 144 valence electrons. The molecule has 0 heterocycles. The summed E-state index contributed by atoms with van der Waals surface area (Å²) in [4.78, 5) is 0. The van der Waals surface area contributed by atoms with Crippen molar-refractivity contribution in [2.75, 3.05) is 54.4 Å². The van der Waals surface area contributed by atoms with Crippen LogP contribution >= 0.6 is 0 Å². The van der Waals surface area contributed by atoms with E-state index < -0.39 is 7.25 Å². The quantitative estimate of drug-likeness (QED) is 0.259. The second-order valence-corrected chi connectivity index (χ2v) is 6.25. The summed E-state index contributed by atoms with van der Waals surface area (Å²) in [5, 5.41) is 0. The van der Waals surface area contributed by atoms with Crippen LogP contribution in [0.2, 0.25) is 0 Å². The predicted molar refractivity (Wildman–Crippen MR) is 94.7 cm³/mol. The molecule has 0 saturated heterocycles. The Hall–Kier alpha value is -1.05. The minimum absolute atomic E-state index is 0. The molecule has 0 N–H and O–H groups in total. The Bertz CT molecular complexity index is 298. The van der Waals surface area contributed by atoms with Gasteiger partial charge in [0.15, 0.2) is 0 Å². The van der Waals surface area contributed by atoms with Crippen molar-refractivity contribution in [3.63, 3.8) is 0 Å². The molecule has 0 fully saturated rings. The van der Waals surface area contributed by atoms with Crippen LogP contribution in [0.5, 0.6) is 0 Å². The van der Waals surface area contributed by atoms with Gasteiger partial charge in [-0.25, -0.2) is 0 Å². The SMILES string of the molecule is C=CC[N+](C)(C)CC=C.C=CC[N+](C)(C)CC=C.F[B-](F)(F)F.[Cl-]. The molecule has 2 nitrogen and oxygen atoms in total. The van der Waals surface area contributed by atoms with Crippen LogP contribution < -0.4 is 12.4 Å². The van der Waals surface area contributed by atoms with E-state index in [0.29, 0.717) is 0 Å². The lowest BCUT2D eigenvalue weighted by Crippen LogP contribution is -3.00. The molecule has 0 aromatic heterocycles. The van der Waals surface area contributed by atoms with Gasteiger partial charge in [0.25, 0.3) is 0 Å². The number of quaternary nitrogens is 2. The first-order chi connectivity index (χ1) is 10.2. The minimum atomic E-state index is -6.00. The van der Waals surface area contributed by atoms with E-state index in [0.717, 1.165) is 35.1 Å². The van der Waals surface area contributed by atoms with Crippen LogP contribution in [-0.4, -0.2) is 70.6 Å². The standard InChI is InChI=1S/2C8H16N.BF4.ClH/c2*1-5-7-9(3,4)8-6-2;2-1(3,4)5;/h2*5-6H,1-2,7-8H2,3-4H3;;1H/q2*+1;-1;/p-1. The van der Waals surface area contributed by atoms with Gasteiger partial charge in [-0.2, -0.15) is 0 Å². The molecule has 0 amide bonds. The van der Waals surface area contributed by atoms with Crippen LogP contribution in [0.1, 0.15) is 0 Å². The molecule has 0 bridgehead atoms. The Morgan fingerprint density at radius 1 is 0.625 bits per heavy atom. The molecule has 0 saturated carbocycles. The van der Waals surface area contributed by atoms with E-state index in [-0.39, 0.29) is 12.4 Å². The maximum Gasteiger partial charge on any atom is 0.673 e. The molecule has 0 atom stereocenters. The second kappa shape index (κ2) is 15.5. The average Bonchev–Trinajstić information content (AvgIpc) is 2.26. The highest BCUT2D eigenvalue weighted by Gasteiger charge is 2.20. The van der Waals surface area contributed by atoms with Crippen molar-refractivity contribution in [1.82, 2.24) is 0 Å². The summed E-state index contributed by atoms with van der Waals surface area (Å²) in [6.45, 7) is 18.7. The highest BCUT2D eigenvalue weighted by Crippen LogP contribution is 2.06. The number of hydrogen-bond donors (Lipinski definition) is 0. The highest BCUT2D eigenvalue weighted by molar-refractivity contribution is 6.50. The van der Waals surface area contributed by atoms with Gasteiger partial charge in [-0.3, -0.25) is 0 Å². The number of hydrogen-bond acceptors (Lipinski definition) is 0. The van der Waals surface area contributed by atoms with Crippen molar-refractivity contribution in [3.8, 4) is 0 Å². The fourth-order valence-corrected chi connectivity index (χ4v) is 1.55. The minimum Gasteiger partial charge on any atom is -1.00 e. The van der Waals surface area contributed by atoms with Gasteiger partial charge >= 0.3 is 7.25 Å². The summed E-state index contributed by atoms with van der Waals surface area (Å²) < 4.78 is 40.9. The Morgan fingerprint density at radius 3 is 0.833 bits per heavy atom.